The van der Waals surface area contributed by atoms with Crippen molar-refractivity contribution in [1.29, 1.82) is 0 Å². The van der Waals surface area contributed by atoms with Gasteiger partial charge in [0.05, 0.1) is 39.6 Å². The van der Waals surface area contributed by atoms with Crippen molar-refractivity contribution in [3.63, 3.8) is 0 Å². The molecule has 0 atom stereocenters. The van der Waals surface area contributed by atoms with Crippen molar-refractivity contribution in [2.45, 2.75) is 0 Å². The average molecular weight is 237 g/mol. The molecule has 82 valence electrons. The van der Waals surface area contributed by atoms with E-state index in [-0.39, 0.29) is 6.61 Å². The maximum Gasteiger partial charge on any atom is 0.486 e. The largest absolute Gasteiger partial charge is 0.486 e. The van der Waals surface area contributed by atoms with Crippen molar-refractivity contribution >= 4 is 19.7 Å². The van der Waals surface area contributed by atoms with Crippen molar-refractivity contribution in [3.05, 3.63) is 0 Å². The Kier molecular flexibility index (Phi) is 8.16. The molecule has 6 nitrogen and oxygen atoms in total. The van der Waals surface area contributed by atoms with E-state index in [9.17, 15) is 4.57 Å². The zero-order valence-corrected chi connectivity index (χ0v) is 9.50. The smallest absolute Gasteiger partial charge is 0.391 e. The summed E-state index contributed by atoms with van der Waals surface area (Å²) in [5.41, 5.74) is 0. The molecular formula is C5H16ClNO5P+. The highest BCUT2D eigenvalue weighted by atomic mass is 35.5. The number of nitrogens with zero attached hydrogens (tertiary/aromatic N) is 1. The molecule has 0 radical (unpaired) electrons. The molecule has 0 saturated heterocycles. The molecule has 0 saturated carbocycles. The lowest BCUT2D eigenvalue weighted by atomic mass is 10.5. The van der Waals surface area contributed by atoms with Crippen LogP contribution in [0.2, 0.25) is 0 Å². The molecule has 0 aromatic rings. The number of aliphatic hydroxyl groups excluding tert-OH is 1. The molecule has 0 aliphatic rings. The lowest BCUT2D eigenvalue weighted by Crippen LogP contribution is -2.36. The van der Waals surface area contributed by atoms with Crippen LogP contribution in [-0.2, 0) is 8.64 Å². The van der Waals surface area contributed by atoms with Crippen LogP contribution in [0.1, 0.15) is 0 Å². The molecule has 0 spiro atoms. The van der Waals surface area contributed by atoms with Crippen LogP contribution in [-0.4, -0.2) is 53.7 Å². The van der Waals surface area contributed by atoms with E-state index in [0.717, 1.165) is 11.0 Å². The van der Waals surface area contributed by atoms with Gasteiger partial charge in [-0.2, -0.15) is 4.08 Å². The summed E-state index contributed by atoms with van der Waals surface area (Å²) in [7, 11) is 1.77. The molecule has 0 rings (SSSR count). The third kappa shape index (κ3) is 24.5. The number of rotatable bonds is 3. The molecule has 13 heavy (non-hydrogen) atoms. The molecule has 0 amide bonds. The first-order valence-corrected chi connectivity index (χ1v) is 5.23. The van der Waals surface area contributed by atoms with Crippen molar-refractivity contribution in [2.24, 2.45) is 0 Å². The maximum atomic E-state index is 9.34. The number of halogens is 1. The van der Waals surface area contributed by atoms with E-state index in [1.807, 2.05) is 0 Å². The van der Waals surface area contributed by atoms with Crippen molar-refractivity contribution < 1.29 is 28.0 Å². The van der Waals surface area contributed by atoms with E-state index in [1.165, 1.54) is 0 Å². The zero-order chi connectivity index (χ0) is 11.1. The molecular weight excluding hydrogens is 220 g/mol. The molecule has 0 bridgehead atoms. The number of likely N-dealkylation sites (N-methyl/N-ethyl adjacent to an activating group) is 1. The van der Waals surface area contributed by atoms with Crippen LogP contribution < -0.4 is 0 Å². The number of hydrogen-bond acceptors (Lipinski definition) is 3. The Hall–Kier alpha value is 0.320. The van der Waals surface area contributed by atoms with Gasteiger partial charge in [0, 0.05) is 0 Å². The summed E-state index contributed by atoms with van der Waals surface area (Å²) in [5.74, 6) is 0. The lowest BCUT2D eigenvalue weighted by molar-refractivity contribution is -0.870. The van der Waals surface area contributed by atoms with Gasteiger partial charge in [0.15, 0.2) is 0 Å². The Labute approximate surface area is 82.7 Å². The topological polar surface area (TPSA) is 87.0 Å². The first-order valence-electron chi connectivity index (χ1n) is 3.39. The Balaban J connectivity index is 0. The lowest BCUT2D eigenvalue weighted by Gasteiger charge is -2.21. The number of aliphatic hydroxyl groups is 1. The monoisotopic (exact) mass is 236 g/mol. The summed E-state index contributed by atoms with van der Waals surface area (Å²) in [6.45, 7) is 1.11. The summed E-state index contributed by atoms with van der Waals surface area (Å²) in [6, 6.07) is 0. The quantitative estimate of drug-likeness (QED) is 0.472. The first-order chi connectivity index (χ1) is 5.62. The van der Waals surface area contributed by atoms with Crippen molar-refractivity contribution in [3.8, 4) is 0 Å². The van der Waals surface area contributed by atoms with Crippen LogP contribution in [0.25, 0.3) is 0 Å². The third-order valence-corrected chi connectivity index (χ3v) is 1.58. The highest BCUT2D eigenvalue weighted by molar-refractivity contribution is 7.47. The van der Waals surface area contributed by atoms with E-state index < -0.39 is 7.82 Å². The minimum Gasteiger partial charge on any atom is -0.391 e. The highest BCUT2D eigenvalue weighted by Crippen LogP contribution is 2.36. The molecule has 0 heterocycles. The van der Waals surface area contributed by atoms with E-state index in [1.54, 1.807) is 0 Å². The van der Waals surface area contributed by atoms with Crippen LogP contribution in [0.15, 0.2) is 0 Å². The summed E-state index contributed by atoms with van der Waals surface area (Å²) in [5, 5.41) is 8.39. The Morgan fingerprint density at radius 1 is 1.38 bits per heavy atom. The normalized spacial score (nSPS) is 11.9. The standard InChI is InChI=1S/C5H14NO.ClH2O4P/c1-6(2,3)4-5-7;1-5-6(2,3)4/h7H,4-5H2,1-3H3;(H2,2,3,4)/q+1;. The Bertz CT molecular complexity index is 165. The minimum atomic E-state index is -4.38. The second kappa shape index (κ2) is 6.73. The van der Waals surface area contributed by atoms with E-state index in [2.05, 4.69) is 37.1 Å². The molecule has 8 heteroatoms. The van der Waals surface area contributed by atoms with Crippen LogP contribution in [0.5, 0.6) is 0 Å². The molecule has 0 aromatic heterocycles. The Morgan fingerprint density at radius 2 is 1.69 bits per heavy atom. The summed E-state index contributed by atoms with van der Waals surface area (Å²) in [4.78, 5) is 15.2. The average Bonchev–Trinajstić information content (AvgIpc) is 1.84. The molecule has 0 fully saturated rings. The van der Waals surface area contributed by atoms with Gasteiger partial charge in [-0.05, 0) is 0 Å². The van der Waals surface area contributed by atoms with Crippen molar-refractivity contribution in [1.82, 2.24) is 0 Å². The van der Waals surface area contributed by atoms with Crippen LogP contribution in [0, 0.1) is 0 Å². The fourth-order valence-corrected chi connectivity index (χ4v) is 0.300. The molecule has 0 unspecified atom stereocenters. The summed E-state index contributed by atoms with van der Waals surface area (Å²) in [6.07, 6.45) is 0. The first kappa shape index (κ1) is 15.8. The van der Waals surface area contributed by atoms with Gasteiger partial charge in [0.1, 0.15) is 6.54 Å². The number of phosphoric acid groups is 1. The van der Waals surface area contributed by atoms with Gasteiger partial charge >= 0.3 is 7.82 Å². The molecule has 0 aliphatic carbocycles. The predicted octanol–water partition coefficient (Wildman–Crippen LogP) is -0.0656. The predicted molar refractivity (Wildman–Crippen MR) is 49.0 cm³/mol. The SMILES string of the molecule is C[N+](C)(C)CCO.O=P(O)(O)OCl. The van der Waals surface area contributed by atoms with Crippen LogP contribution >= 0.6 is 19.7 Å². The van der Waals surface area contributed by atoms with Gasteiger partial charge < -0.3 is 19.4 Å². The van der Waals surface area contributed by atoms with Crippen molar-refractivity contribution in [2.75, 3.05) is 34.3 Å². The summed E-state index contributed by atoms with van der Waals surface area (Å²) >= 11 is 4.21. The second-order valence-electron chi connectivity index (χ2n) is 3.30. The van der Waals surface area contributed by atoms with Crippen LogP contribution in [0.3, 0.4) is 0 Å². The van der Waals surface area contributed by atoms with Gasteiger partial charge in [-0.3, -0.25) is 0 Å². The number of hydrogen-bond donors (Lipinski definition) is 3. The molecule has 0 aliphatic heterocycles. The Morgan fingerprint density at radius 3 is 1.69 bits per heavy atom. The van der Waals surface area contributed by atoms with Gasteiger partial charge in [0.25, 0.3) is 0 Å². The van der Waals surface area contributed by atoms with Crippen LogP contribution in [0.4, 0.5) is 0 Å². The zero-order valence-electron chi connectivity index (χ0n) is 7.84. The van der Waals surface area contributed by atoms with Gasteiger partial charge in [-0.1, -0.05) is 0 Å². The maximum absolute atomic E-state index is 9.34. The molecule has 3 N–H and O–H groups in total. The molecule has 0 aromatic carbocycles. The third-order valence-electron chi connectivity index (χ3n) is 0.861. The van der Waals surface area contributed by atoms with Gasteiger partial charge in [-0.15, -0.1) is 0 Å². The highest BCUT2D eigenvalue weighted by Gasteiger charge is 2.10. The van der Waals surface area contributed by atoms with Gasteiger partial charge in [-0.25, -0.2) is 4.57 Å². The minimum absolute atomic E-state index is 0.281. The fourth-order valence-electron chi connectivity index (χ4n) is 0.300. The van der Waals surface area contributed by atoms with Gasteiger partial charge in [0.2, 0.25) is 0 Å². The summed E-state index contributed by atoms with van der Waals surface area (Å²) < 4.78 is 13.3. The van der Waals surface area contributed by atoms with E-state index in [4.69, 9.17) is 14.9 Å². The van der Waals surface area contributed by atoms with E-state index in [0.29, 0.717) is 0 Å². The van der Waals surface area contributed by atoms with E-state index >= 15 is 0 Å². The number of quaternary nitrogens is 1. The second-order valence-corrected chi connectivity index (χ2v) is 4.83. The fraction of sp³-hybridized carbons (Fsp3) is 1.00.